The van der Waals surface area contributed by atoms with Crippen LogP contribution in [0.2, 0.25) is 0 Å². The van der Waals surface area contributed by atoms with E-state index in [0.717, 1.165) is 4.90 Å². The van der Waals surface area contributed by atoms with E-state index in [1.807, 2.05) is 0 Å². The molecule has 1 fully saturated rings. The third-order valence-corrected chi connectivity index (χ3v) is 5.60. The molecule has 174 valence electrons. The van der Waals surface area contributed by atoms with Crippen molar-refractivity contribution in [2.24, 2.45) is 0 Å². The lowest BCUT2D eigenvalue weighted by atomic mass is 10.0. The highest BCUT2D eigenvalue weighted by Gasteiger charge is 2.45. The summed E-state index contributed by atoms with van der Waals surface area (Å²) in [7, 11) is 0. The van der Waals surface area contributed by atoms with Gasteiger partial charge in [0.15, 0.2) is 0 Å². The maximum Gasteiger partial charge on any atom is 0.335 e. The van der Waals surface area contributed by atoms with Gasteiger partial charge in [0.05, 0.1) is 23.2 Å². The molecule has 34 heavy (non-hydrogen) atoms. The van der Waals surface area contributed by atoms with E-state index in [-0.39, 0.29) is 48.3 Å². The quantitative estimate of drug-likeness (QED) is 0.431. The van der Waals surface area contributed by atoms with Crippen LogP contribution in [0.15, 0.2) is 42.5 Å². The molecule has 2 aromatic rings. The van der Waals surface area contributed by atoms with Crippen molar-refractivity contribution in [2.45, 2.75) is 25.4 Å². The van der Waals surface area contributed by atoms with Crippen LogP contribution < -0.4 is 16.0 Å². The Balaban J connectivity index is 1.40. The molecule has 0 bridgehead atoms. The van der Waals surface area contributed by atoms with E-state index in [2.05, 4.69) is 16.0 Å². The van der Waals surface area contributed by atoms with Crippen LogP contribution in [0.5, 0.6) is 0 Å². The Morgan fingerprint density at radius 1 is 1.03 bits per heavy atom. The number of hydrogen-bond donors (Lipinski definition) is 4. The number of amides is 5. The van der Waals surface area contributed by atoms with Crippen molar-refractivity contribution in [1.29, 1.82) is 0 Å². The molecule has 5 amide bonds. The van der Waals surface area contributed by atoms with Gasteiger partial charge in [-0.2, -0.15) is 0 Å². The fraction of sp³-hybridized carbons (Fsp3) is 0.217. The highest BCUT2D eigenvalue weighted by molar-refractivity contribution is 6.25. The Morgan fingerprint density at radius 3 is 2.44 bits per heavy atom. The largest absolute Gasteiger partial charge is 0.478 e. The maximum atomic E-state index is 13.0. The number of anilines is 1. The molecule has 0 radical (unpaired) electrons. The highest BCUT2D eigenvalue weighted by atomic mass is 16.4. The number of imide groups is 2. The summed E-state index contributed by atoms with van der Waals surface area (Å²) in [6.07, 6.45) is 0.0723. The van der Waals surface area contributed by atoms with Crippen LogP contribution in [0.3, 0.4) is 0 Å². The van der Waals surface area contributed by atoms with Crippen LogP contribution >= 0.6 is 0 Å². The SMILES string of the molecule is O=C(CNc1cccc2c1C(=O)N(C1CCC(=O)NC1=O)C2=O)NCc1ccc(C(=O)O)cc1. The van der Waals surface area contributed by atoms with Gasteiger partial charge in [-0.1, -0.05) is 18.2 Å². The first-order valence-corrected chi connectivity index (χ1v) is 10.4. The molecule has 1 atom stereocenters. The molecule has 4 rings (SSSR count). The van der Waals surface area contributed by atoms with Crippen molar-refractivity contribution >= 4 is 41.2 Å². The number of nitrogens with one attached hydrogen (secondary N) is 3. The average molecular weight is 464 g/mol. The molecule has 0 saturated carbocycles. The topological polar surface area (TPSA) is 162 Å². The molecule has 1 saturated heterocycles. The number of carbonyl (C=O) groups is 6. The minimum absolute atomic E-state index is 0.0219. The predicted octanol–water partition coefficient (Wildman–Crippen LogP) is 0.514. The molecule has 0 aromatic heterocycles. The van der Waals surface area contributed by atoms with Crippen LogP contribution in [0.1, 0.15) is 49.5 Å². The van der Waals surface area contributed by atoms with Crippen LogP contribution in [0.4, 0.5) is 5.69 Å². The van der Waals surface area contributed by atoms with Gasteiger partial charge in [-0.15, -0.1) is 0 Å². The molecule has 11 heteroatoms. The fourth-order valence-corrected chi connectivity index (χ4v) is 3.87. The molecule has 2 aliphatic rings. The second-order valence-corrected chi connectivity index (χ2v) is 7.81. The van der Waals surface area contributed by atoms with Gasteiger partial charge in [0, 0.05) is 18.7 Å². The van der Waals surface area contributed by atoms with Crippen molar-refractivity contribution in [1.82, 2.24) is 15.5 Å². The normalized spacial score (nSPS) is 17.3. The van der Waals surface area contributed by atoms with E-state index < -0.39 is 41.5 Å². The van der Waals surface area contributed by atoms with E-state index >= 15 is 0 Å². The standard InChI is InChI=1S/C23H20N4O7/c28-17-9-8-16(20(30)26-17)27-21(31)14-2-1-3-15(19(14)22(27)32)24-11-18(29)25-10-12-4-6-13(7-5-12)23(33)34/h1-7,16,24H,8-11H2,(H,25,29)(H,33,34)(H,26,28,30). The zero-order chi connectivity index (χ0) is 24.4. The Labute approximate surface area is 193 Å². The molecular formula is C23H20N4O7. The van der Waals surface area contributed by atoms with Crippen LogP contribution in [-0.4, -0.2) is 58.1 Å². The van der Waals surface area contributed by atoms with Gasteiger partial charge in [0.25, 0.3) is 11.8 Å². The van der Waals surface area contributed by atoms with Gasteiger partial charge in [-0.3, -0.25) is 34.2 Å². The van der Waals surface area contributed by atoms with Gasteiger partial charge in [-0.05, 0) is 36.2 Å². The monoisotopic (exact) mass is 464 g/mol. The third-order valence-electron chi connectivity index (χ3n) is 5.60. The summed E-state index contributed by atoms with van der Waals surface area (Å²) in [5.41, 5.74) is 1.29. The second-order valence-electron chi connectivity index (χ2n) is 7.81. The Morgan fingerprint density at radius 2 is 1.76 bits per heavy atom. The Hall–Kier alpha value is -4.54. The van der Waals surface area contributed by atoms with Gasteiger partial charge >= 0.3 is 5.97 Å². The molecular weight excluding hydrogens is 444 g/mol. The molecule has 2 heterocycles. The molecule has 0 spiro atoms. The van der Waals surface area contributed by atoms with Crippen LogP contribution in [0.25, 0.3) is 0 Å². The summed E-state index contributed by atoms with van der Waals surface area (Å²) in [6, 6.07) is 9.56. The first-order valence-electron chi connectivity index (χ1n) is 10.4. The number of nitrogens with zero attached hydrogens (tertiary/aromatic N) is 1. The smallest absolute Gasteiger partial charge is 0.335 e. The molecule has 4 N–H and O–H groups in total. The number of carboxylic acids is 1. The number of fused-ring (bicyclic) bond motifs is 1. The lowest BCUT2D eigenvalue weighted by Gasteiger charge is -2.27. The number of carboxylic acid groups (broad SMARTS) is 1. The predicted molar refractivity (Wildman–Crippen MR) is 117 cm³/mol. The molecule has 2 aromatic carbocycles. The molecule has 1 unspecified atom stereocenters. The summed E-state index contributed by atoms with van der Waals surface area (Å²) in [4.78, 5) is 73.5. The van der Waals surface area contributed by atoms with Crippen molar-refractivity contribution < 1.29 is 33.9 Å². The maximum absolute atomic E-state index is 13.0. The lowest BCUT2D eigenvalue weighted by Crippen LogP contribution is -2.54. The number of hydrogen-bond acceptors (Lipinski definition) is 7. The van der Waals surface area contributed by atoms with E-state index in [0.29, 0.717) is 5.56 Å². The third kappa shape index (κ3) is 4.35. The van der Waals surface area contributed by atoms with Crippen LogP contribution in [0, 0.1) is 0 Å². The van der Waals surface area contributed by atoms with Crippen molar-refractivity contribution in [2.75, 3.05) is 11.9 Å². The summed E-state index contributed by atoms with van der Waals surface area (Å²) in [5, 5.41) is 16.6. The number of aromatic carboxylic acids is 1. The van der Waals surface area contributed by atoms with Gasteiger partial charge in [-0.25, -0.2) is 4.79 Å². The van der Waals surface area contributed by atoms with Crippen molar-refractivity contribution in [3.63, 3.8) is 0 Å². The van der Waals surface area contributed by atoms with Gasteiger partial charge in [0.1, 0.15) is 6.04 Å². The van der Waals surface area contributed by atoms with E-state index in [9.17, 15) is 28.8 Å². The summed E-state index contributed by atoms with van der Waals surface area (Å²) >= 11 is 0. The zero-order valence-corrected chi connectivity index (χ0v) is 17.8. The van der Waals surface area contributed by atoms with E-state index in [1.54, 1.807) is 24.3 Å². The Kier molecular flexibility index (Phi) is 6.09. The number of benzene rings is 2. The summed E-state index contributed by atoms with van der Waals surface area (Å²) in [5.74, 6) is -3.89. The minimum Gasteiger partial charge on any atom is -0.478 e. The van der Waals surface area contributed by atoms with Gasteiger partial charge < -0.3 is 15.7 Å². The van der Waals surface area contributed by atoms with Crippen molar-refractivity contribution in [3.05, 3.63) is 64.7 Å². The van der Waals surface area contributed by atoms with Gasteiger partial charge in [0.2, 0.25) is 17.7 Å². The first kappa shape index (κ1) is 22.6. The lowest BCUT2D eigenvalue weighted by molar-refractivity contribution is -0.136. The highest BCUT2D eigenvalue weighted by Crippen LogP contribution is 2.32. The number of piperidine rings is 1. The summed E-state index contributed by atoms with van der Waals surface area (Å²) < 4.78 is 0. The number of rotatable bonds is 7. The Bertz CT molecular complexity index is 1220. The molecule has 2 aliphatic heterocycles. The molecule has 11 nitrogen and oxygen atoms in total. The first-order chi connectivity index (χ1) is 16.3. The summed E-state index contributed by atoms with van der Waals surface area (Å²) in [6.45, 7) is -0.0163. The van der Waals surface area contributed by atoms with E-state index in [4.69, 9.17) is 5.11 Å². The van der Waals surface area contributed by atoms with Crippen LogP contribution in [-0.2, 0) is 20.9 Å². The van der Waals surface area contributed by atoms with E-state index in [1.165, 1.54) is 18.2 Å². The fourth-order valence-electron chi connectivity index (χ4n) is 3.87. The second kappa shape index (κ2) is 9.14. The number of carbonyl (C=O) groups excluding carboxylic acids is 5. The zero-order valence-electron chi connectivity index (χ0n) is 17.8. The minimum atomic E-state index is -1.08. The molecule has 0 aliphatic carbocycles. The van der Waals surface area contributed by atoms with Crippen molar-refractivity contribution in [3.8, 4) is 0 Å². The average Bonchev–Trinajstić information content (AvgIpc) is 3.07.